The van der Waals surface area contributed by atoms with E-state index in [-0.39, 0.29) is 17.9 Å². The molecule has 24 heavy (non-hydrogen) atoms. The first-order valence-corrected chi connectivity index (χ1v) is 8.63. The molecule has 0 bridgehead atoms. The lowest BCUT2D eigenvalue weighted by Crippen LogP contribution is -2.52. The minimum absolute atomic E-state index is 0.00772. The van der Waals surface area contributed by atoms with Crippen LogP contribution in [-0.4, -0.2) is 53.3 Å². The van der Waals surface area contributed by atoms with Crippen molar-refractivity contribution in [3.05, 3.63) is 46.4 Å². The normalized spacial score (nSPS) is 17.7. The third-order valence-corrected chi connectivity index (χ3v) is 4.81. The summed E-state index contributed by atoms with van der Waals surface area (Å²) in [5.41, 5.74) is 3.01. The second kappa shape index (κ2) is 7.00. The topological polar surface area (TPSA) is 62.7 Å². The second-order valence-corrected chi connectivity index (χ2v) is 6.31. The molecule has 1 aromatic heterocycles. The maximum Gasteiger partial charge on any atom is 0.273 e. The summed E-state index contributed by atoms with van der Waals surface area (Å²) in [4.78, 5) is 32.3. The van der Waals surface area contributed by atoms with Gasteiger partial charge in [0.05, 0.1) is 18.7 Å². The summed E-state index contributed by atoms with van der Waals surface area (Å²) in [6.07, 6.45) is 0. The number of rotatable bonds is 3. The average Bonchev–Trinajstić information content (AvgIpc) is 3.15. The van der Waals surface area contributed by atoms with Gasteiger partial charge in [-0.15, -0.1) is 11.3 Å². The number of carbonyl (C=O) groups is 2. The highest BCUT2D eigenvalue weighted by Gasteiger charge is 2.34. The van der Waals surface area contributed by atoms with Gasteiger partial charge in [-0.25, -0.2) is 4.98 Å². The molecule has 2 aromatic rings. The van der Waals surface area contributed by atoms with E-state index >= 15 is 0 Å². The van der Waals surface area contributed by atoms with Gasteiger partial charge in [0.2, 0.25) is 5.91 Å². The highest BCUT2D eigenvalue weighted by molar-refractivity contribution is 7.07. The number of nitrogens with zero attached hydrogens (tertiary/aromatic N) is 3. The van der Waals surface area contributed by atoms with Gasteiger partial charge in [0.15, 0.2) is 0 Å². The molecule has 7 heteroatoms. The van der Waals surface area contributed by atoms with Crippen LogP contribution in [-0.2, 0) is 4.79 Å². The predicted molar refractivity (Wildman–Crippen MR) is 91.1 cm³/mol. The number of carbonyl (C=O) groups excluding carboxylic acids is 2. The van der Waals surface area contributed by atoms with Crippen LogP contribution in [0.5, 0.6) is 5.75 Å². The summed E-state index contributed by atoms with van der Waals surface area (Å²) in [6, 6.07) is 7.39. The number of hydrogen-bond acceptors (Lipinski definition) is 5. The molecule has 1 aromatic carbocycles. The van der Waals surface area contributed by atoms with E-state index in [1.54, 1.807) is 34.7 Å². The number of para-hydroxylation sites is 1. The molecule has 3 rings (SSSR count). The molecule has 2 amide bonds. The number of amides is 2. The Balaban J connectivity index is 1.90. The Bertz CT molecular complexity index is 732. The summed E-state index contributed by atoms with van der Waals surface area (Å²) in [5.74, 6) is 0.614. The zero-order valence-corrected chi connectivity index (χ0v) is 14.5. The Morgan fingerprint density at radius 3 is 2.75 bits per heavy atom. The molecule has 0 spiro atoms. The Kier molecular flexibility index (Phi) is 4.80. The van der Waals surface area contributed by atoms with Crippen LogP contribution in [0.15, 0.2) is 35.2 Å². The lowest BCUT2D eigenvalue weighted by molar-refractivity contribution is -0.133. The Labute approximate surface area is 144 Å². The third-order valence-electron chi connectivity index (χ3n) is 4.22. The molecule has 0 N–H and O–H groups in total. The van der Waals surface area contributed by atoms with E-state index in [0.717, 1.165) is 11.3 Å². The smallest absolute Gasteiger partial charge is 0.273 e. The van der Waals surface area contributed by atoms with Crippen molar-refractivity contribution in [1.82, 2.24) is 14.8 Å². The van der Waals surface area contributed by atoms with Crippen LogP contribution >= 0.6 is 11.3 Å². The minimum atomic E-state index is -0.227. The van der Waals surface area contributed by atoms with Gasteiger partial charge in [0.25, 0.3) is 5.91 Å². The van der Waals surface area contributed by atoms with Gasteiger partial charge in [0, 0.05) is 37.5 Å². The molecule has 1 fully saturated rings. The van der Waals surface area contributed by atoms with E-state index in [9.17, 15) is 9.59 Å². The van der Waals surface area contributed by atoms with Crippen LogP contribution in [0.3, 0.4) is 0 Å². The van der Waals surface area contributed by atoms with Crippen molar-refractivity contribution in [2.24, 2.45) is 0 Å². The van der Waals surface area contributed by atoms with Gasteiger partial charge in [-0.2, -0.15) is 0 Å². The summed E-state index contributed by atoms with van der Waals surface area (Å²) >= 11 is 1.40. The lowest BCUT2D eigenvalue weighted by Gasteiger charge is -2.41. The fourth-order valence-electron chi connectivity index (χ4n) is 3.03. The summed E-state index contributed by atoms with van der Waals surface area (Å²) < 4.78 is 5.44. The van der Waals surface area contributed by atoms with Gasteiger partial charge in [-0.3, -0.25) is 9.59 Å². The van der Waals surface area contributed by atoms with Gasteiger partial charge in [-0.05, 0) is 6.07 Å². The lowest BCUT2D eigenvalue weighted by atomic mass is 10.0. The zero-order chi connectivity index (χ0) is 17.1. The van der Waals surface area contributed by atoms with Crippen LogP contribution in [0.2, 0.25) is 0 Å². The molecule has 1 saturated heterocycles. The van der Waals surface area contributed by atoms with Crippen molar-refractivity contribution < 1.29 is 14.3 Å². The molecule has 6 nitrogen and oxygen atoms in total. The number of ether oxygens (including phenoxy) is 1. The quantitative estimate of drug-likeness (QED) is 0.855. The minimum Gasteiger partial charge on any atom is -0.496 e. The van der Waals surface area contributed by atoms with Crippen molar-refractivity contribution in [2.75, 3.05) is 26.7 Å². The Hall–Kier alpha value is -2.41. The number of methoxy groups -OCH3 is 1. The van der Waals surface area contributed by atoms with Gasteiger partial charge < -0.3 is 14.5 Å². The first-order valence-electron chi connectivity index (χ1n) is 7.69. The van der Waals surface area contributed by atoms with Gasteiger partial charge >= 0.3 is 0 Å². The maximum atomic E-state index is 12.6. The van der Waals surface area contributed by atoms with Gasteiger partial charge in [-0.1, -0.05) is 18.2 Å². The van der Waals surface area contributed by atoms with Gasteiger partial charge in [0.1, 0.15) is 11.4 Å². The van der Waals surface area contributed by atoms with Crippen molar-refractivity contribution in [2.45, 2.75) is 13.0 Å². The highest BCUT2D eigenvalue weighted by Crippen LogP contribution is 2.32. The highest BCUT2D eigenvalue weighted by atomic mass is 32.1. The largest absolute Gasteiger partial charge is 0.496 e. The number of hydrogen-bond donors (Lipinski definition) is 0. The molecule has 1 aliphatic rings. The average molecular weight is 345 g/mol. The molecule has 2 heterocycles. The van der Waals surface area contributed by atoms with Crippen molar-refractivity contribution >= 4 is 23.2 Å². The van der Waals surface area contributed by atoms with Crippen LogP contribution in [0.25, 0.3) is 0 Å². The fraction of sp³-hybridized carbons (Fsp3) is 0.353. The number of benzene rings is 1. The zero-order valence-electron chi connectivity index (χ0n) is 13.6. The van der Waals surface area contributed by atoms with E-state index in [2.05, 4.69) is 4.98 Å². The van der Waals surface area contributed by atoms with Crippen LogP contribution in [0.1, 0.15) is 29.0 Å². The fourth-order valence-corrected chi connectivity index (χ4v) is 3.56. The van der Waals surface area contributed by atoms with E-state index in [4.69, 9.17) is 4.74 Å². The molecule has 126 valence electrons. The molecule has 1 aliphatic heterocycles. The standard InChI is InChI=1S/C17H19N3O3S/c1-12(21)20-8-7-19(17(22)14-10-24-11-18-14)9-15(20)13-5-3-4-6-16(13)23-2/h3-6,10-11,15H,7-9H2,1-2H3/t15-/m0/s1. The number of thiazole rings is 1. The number of piperazine rings is 1. The third kappa shape index (κ3) is 3.12. The molecular weight excluding hydrogens is 326 g/mol. The summed E-state index contributed by atoms with van der Waals surface area (Å²) in [5, 5.41) is 1.75. The summed E-state index contributed by atoms with van der Waals surface area (Å²) in [7, 11) is 1.61. The first kappa shape index (κ1) is 16.4. The van der Waals surface area contributed by atoms with E-state index in [1.807, 2.05) is 24.3 Å². The van der Waals surface area contributed by atoms with Crippen molar-refractivity contribution in [1.29, 1.82) is 0 Å². The molecule has 1 atom stereocenters. The number of aromatic nitrogens is 1. The maximum absolute atomic E-state index is 12.6. The monoisotopic (exact) mass is 345 g/mol. The Morgan fingerprint density at radius 1 is 1.29 bits per heavy atom. The molecule has 0 aliphatic carbocycles. The second-order valence-electron chi connectivity index (χ2n) is 5.60. The van der Waals surface area contributed by atoms with E-state index < -0.39 is 0 Å². The van der Waals surface area contributed by atoms with Crippen LogP contribution in [0, 0.1) is 0 Å². The first-order chi connectivity index (χ1) is 11.6. The SMILES string of the molecule is COc1ccccc1[C@@H]1CN(C(=O)c2cscn2)CCN1C(C)=O. The van der Waals surface area contributed by atoms with Crippen molar-refractivity contribution in [3.8, 4) is 5.75 Å². The molecule has 0 unspecified atom stereocenters. The molecular formula is C17H19N3O3S. The van der Waals surface area contributed by atoms with Crippen LogP contribution < -0.4 is 4.74 Å². The van der Waals surface area contributed by atoms with Crippen LogP contribution in [0.4, 0.5) is 0 Å². The predicted octanol–water partition coefficient (Wildman–Crippen LogP) is 2.20. The molecule has 0 radical (unpaired) electrons. The van der Waals surface area contributed by atoms with Crippen molar-refractivity contribution in [3.63, 3.8) is 0 Å². The summed E-state index contributed by atoms with van der Waals surface area (Å²) in [6.45, 7) is 2.98. The Morgan fingerprint density at radius 2 is 2.08 bits per heavy atom. The van der Waals surface area contributed by atoms with E-state index in [0.29, 0.717) is 25.3 Å². The van der Waals surface area contributed by atoms with E-state index in [1.165, 1.54) is 11.3 Å². The molecule has 0 saturated carbocycles.